The van der Waals surface area contributed by atoms with Gasteiger partial charge in [-0.2, -0.15) is 0 Å². The van der Waals surface area contributed by atoms with Crippen LogP contribution in [0.2, 0.25) is 5.02 Å². The summed E-state index contributed by atoms with van der Waals surface area (Å²) in [6.45, 7) is 1.95. The van der Waals surface area contributed by atoms with E-state index in [4.69, 9.17) is 11.6 Å². The Morgan fingerprint density at radius 2 is 2.00 bits per heavy atom. The standard InChI is InChI=1S/C15H11ClN2OS/c1-9-17-14-12(7-4-8-13(14)20-9)18-15(19)10-5-2-3-6-11(10)16/h2-8H,1H3,(H,18,19). The van der Waals surface area contributed by atoms with E-state index in [9.17, 15) is 4.79 Å². The molecule has 3 aromatic rings. The molecule has 2 aromatic carbocycles. The molecule has 1 aromatic heterocycles. The molecule has 1 amide bonds. The quantitative estimate of drug-likeness (QED) is 0.756. The first-order valence-electron chi connectivity index (χ1n) is 6.07. The number of benzene rings is 2. The Morgan fingerprint density at radius 3 is 2.80 bits per heavy atom. The average molecular weight is 303 g/mol. The number of halogens is 1. The molecule has 0 saturated heterocycles. The van der Waals surface area contributed by atoms with Crippen LogP contribution in [-0.4, -0.2) is 10.9 Å². The molecule has 3 rings (SSSR count). The van der Waals surface area contributed by atoms with Crippen LogP contribution in [0, 0.1) is 6.92 Å². The molecule has 0 fully saturated rings. The highest BCUT2D eigenvalue weighted by Gasteiger charge is 2.12. The van der Waals surface area contributed by atoms with Gasteiger partial charge in [0.1, 0.15) is 5.52 Å². The fourth-order valence-electron chi connectivity index (χ4n) is 2.00. The molecule has 1 heterocycles. The summed E-state index contributed by atoms with van der Waals surface area (Å²) in [4.78, 5) is 16.7. The number of carbonyl (C=O) groups excluding carboxylic acids is 1. The van der Waals surface area contributed by atoms with Crippen LogP contribution in [0.25, 0.3) is 10.2 Å². The molecule has 3 nitrogen and oxygen atoms in total. The second kappa shape index (κ2) is 5.23. The van der Waals surface area contributed by atoms with Crippen molar-refractivity contribution >= 4 is 44.7 Å². The van der Waals surface area contributed by atoms with Crippen LogP contribution >= 0.6 is 22.9 Å². The van der Waals surface area contributed by atoms with Gasteiger partial charge in [0.05, 0.1) is 26.0 Å². The Hall–Kier alpha value is -1.91. The molecule has 1 N–H and O–H groups in total. The van der Waals surface area contributed by atoms with Crippen molar-refractivity contribution in [3.63, 3.8) is 0 Å². The van der Waals surface area contributed by atoms with Gasteiger partial charge in [-0.1, -0.05) is 29.8 Å². The summed E-state index contributed by atoms with van der Waals surface area (Å²) in [5.41, 5.74) is 1.98. The van der Waals surface area contributed by atoms with E-state index in [1.54, 1.807) is 35.6 Å². The third kappa shape index (κ3) is 2.40. The molecule has 0 spiro atoms. The van der Waals surface area contributed by atoms with Crippen LogP contribution < -0.4 is 5.32 Å². The first-order valence-corrected chi connectivity index (χ1v) is 7.26. The van der Waals surface area contributed by atoms with Crippen molar-refractivity contribution in [1.82, 2.24) is 4.98 Å². The first-order chi connectivity index (χ1) is 9.65. The zero-order valence-electron chi connectivity index (χ0n) is 10.7. The van der Waals surface area contributed by atoms with Gasteiger partial charge >= 0.3 is 0 Å². The monoisotopic (exact) mass is 302 g/mol. The number of aromatic nitrogens is 1. The Kier molecular flexibility index (Phi) is 3.42. The zero-order chi connectivity index (χ0) is 14.1. The topological polar surface area (TPSA) is 42.0 Å². The number of amides is 1. The van der Waals surface area contributed by atoms with E-state index in [0.717, 1.165) is 15.2 Å². The molecule has 0 aliphatic heterocycles. The van der Waals surface area contributed by atoms with Crippen molar-refractivity contribution in [2.24, 2.45) is 0 Å². The van der Waals surface area contributed by atoms with Crippen molar-refractivity contribution in [3.8, 4) is 0 Å². The molecule has 0 unspecified atom stereocenters. The van der Waals surface area contributed by atoms with Gasteiger partial charge in [-0.05, 0) is 31.2 Å². The number of anilines is 1. The van der Waals surface area contributed by atoms with E-state index >= 15 is 0 Å². The molecule has 0 aliphatic carbocycles. The maximum absolute atomic E-state index is 12.3. The van der Waals surface area contributed by atoms with Crippen LogP contribution in [0.1, 0.15) is 15.4 Å². The van der Waals surface area contributed by atoms with Crippen molar-refractivity contribution in [1.29, 1.82) is 0 Å². The number of nitrogens with one attached hydrogen (secondary N) is 1. The lowest BCUT2D eigenvalue weighted by Gasteiger charge is -2.07. The predicted octanol–water partition coefficient (Wildman–Crippen LogP) is 4.51. The number of hydrogen-bond donors (Lipinski definition) is 1. The van der Waals surface area contributed by atoms with Crippen LogP contribution in [0.3, 0.4) is 0 Å². The first kappa shape index (κ1) is 13.1. The maximum atomic E-state index is 12.3. The molecule has 20 heavy (non-hydrogen) atoms. The highest BCUT2D eigenvalue weighted by atomic mass is 35.5. The minimum absolute atomic E-state index is 0.228. The Labute approximate surface area is 125 Å². The van der Waals surface area contributed by atoms with E-state index in [0.29, 0.717) is 16.3 Å². The smallest absolute Gasteiger partial charge is 0.257 e. The van der Waals surface area contributed by atoms with Crippen molar-refractivity contribution in [2.75, 3.05) is 5.32 Å². The molecule has 0 saturated carbocycles. The Morgan fingerprint density at radius 1 is 1.20 bits per heavy atom. The summed E-state index contributed by atoms with van der Waals surface area (Å²) in [6, 6.07) is 12.7. The number of rotatable bonds is 2. The van der Waals surface area contributed by atoms with Gasteiger partial charge in [-0.15, -0.1) is 11.3 Å². The lowest BCUT2D eigenvalue weighted by Crippen LogP contribution is -2.12. The van der Waals surface area contributed by atoms with Crippen LogP contribution in [-0.2, 0) is 0 Å². The number of hydrogen-bond acceptors (Lipinski definition) is 3. The molecule has 0 radical (unpaired) electrons. The van der Waals surface area contributed by atoms with Crippen molar-refractivity contribution < 1.29 is 4.79 Å². The SMILES string of the molecule is Cc1nc2c(NC(=O)c3ccccc3Cl)cccc2s1. The van der Waals surface area contributed by atoms with Gasteiger partial charge in [0, 0.05) is 0 Å². The van der Waals surface area contributed by atoms with E-state index in [1.165, 1.54) is 0 Å². The van der Waals surface area contributed by atoms with Crippen molar-refractivity contribution in [3.05, 3.63) is 58.1 Å². The fourth-order valence-corrected chi connectivity index (χ4v) is 3.07. The third-order valence-corrected chi connectivity index (χ3v) is 4.16. The van der Waals surface area contributed by atoms with E-state index in [2.05, 4.69) is 10.3 Å². The highest BCUT2D eigenvalue weighted by Crippen LogP contribution is 2.28. The van der Waals surface area contributed by atoms with Crippen LogP contribution in [0.4, 0.5) is 5.69 Å². The normalized spacial score (nSPS) is 10.7. The Balaban J connectivity index is 1.97. The minimum atomic E-state index is -0.228. The summed E-state index contributed by atoms with van der Waals surface area (Å²) < 4.78 is 1.06. The van der Waals surface area contributed by atoms with E-state index in [-0.39, 0.29) is 5.91 Å². The highest BCUT2D eigenvalue weighted by molar-refractivity contribution is 7.18. The maximum Gasteiger partial charge on any atom is 0.257 e. The second-order valence-electron chi connectivity index (χ2n) is 4.32. The van der Waals surface area contributed by atoms with Crippen molar-refractivity contribution in [2.45, 2.75) is 6.92 Å². The molecule has 100 valence electrons. The van der Waals surface area contributed by atoms with Gasteiger partial charge in [-0.25, -0.2) is 4.98 Å². The van der Waals surface area contributed by atoms with Crippen LogP contribution in [0.5, 0.6) is 0 Å². The largest absolute Gasteiger partial charge is 0.320 e. The molecular weight excluding hydrogens is 292 g/mol. The summed E-state index contributed by atoms with van der Waals surface area (Å²) in [6.07, 6.45) is 0. The Bertz CT molecular complexity index is 797. The molecule has 0 atom stereocenters. The van der Waals surface area contributed by atoms with Gasteiger partial charge in [0.25, 0.3) is 5.91 Å². The summed E-state index contributed by atoms with van der Waals surface area (Å²) in [5.74, 6) is -0.228. The van der Waals surface area contributed by atoms with Gasteiger partial charge in [-0.3, -0.25) is 4.79 Å². The number of aryl methyl sites for hydroxylation is 1. The minimum Gasteiger partial charge on any atom is -0.320 e. The summed E-state index contributed by atoms with van der Waals surface area (Å²) >= 11 is 7.64. The van der Waals surface area contributed by atoms with Gasteiger partial charge in [0.15, 0.2) is 0 Å². The van der Waals surface area contributed by atoms with Crippen LogP contribution in [0.15, 0.2) is 42.5 Å². The lowest BCUT2D eigenvalue weighted by molar-refractivity contribution is 0.102. The summed E-state index contributed by atoms with van der Waals surface area (Å²) in [7, 11) is 0. The number of nitrogens with zero attached hydrogens (tertiary/aromatic N) is 1. The second-order valence-corrected chi connectivity index (χ2v) is 5.96. The molecule has 0 aliphatic rings. The number of para-hydroxylation sites is 1. The van der Waals surface area contributed by atoms with Gasteiger partial charge in [0.2, 0.25) is 0 Å². The summed E-state index contributed by atoms with van der Waals surface area (Å²) in [5, 5.41) is 4.28. The average Bonchev–Trinajstić information content (AvgIpc) is 2.80. The molecule has 0 bridgehead atoms. The van der Waals surface area contributed by atoms with E-state index in [1.807, 2.05) is 25.1 Å². The lowest BCUT2D eigenvalue weighted by atomic mass is 10.2. The molecular formula is C15H11ClN2OS. The number of carbonyl (C=O) groups is 1. The predicted molar refractivity (Wildman–Crippen MR) is 83.8 cm³/mol. The van der Waals surface area contributed by atoms with Gasteiger partial charge < -0.3 is 5.32 Å². The number of fused-ring (bicyclic) bond motifs is 1. The molecule has 5 heteroatoms. The zero-order valence-corrected chi connectivity index (χ0v) is 12.3. The fraction of sp³-hybridized carbons (Fsp3) is 0.0667. The van der Waals surface area contributed by atoms with E-state index < -0.39 is 0 Å². The third-order valence-electron chi connectivity index (χ3n) is 2.89. The number of thiazole rings is 1.